The van der Waals surface area contributed by atoms with Crippen molar-refractivity contribution in [2.24, 2.45) is 13.0 Å². The van der Waals surface area contributed by atoms with Crippen molar-refractivity contribution in [3.8, 4) is 11.3 Å². The highest BCUT2D eigenvalue weighted by Gasteiger charge is 2.40. The number of amides is 1. The Balaban J connectivity index is 1.79. The summed E-state index contributed by atoms with van der Waals surface area (Å²) in [7, 11) is 2.13. The first kappa shape index (κ1) is 21.0. The molecule has 1 atom stereocenters. The number of hydrogen-bond acceptors (Lipinski definition) is 1. The van der Waals surface area contributed by atoms with Crippen molar-refractivity contribution in [2.75, 3.05) is 6.54 Å². The Hall–Kier alpha value is -2.85. The molecule has 3 aromatic carbocycles. The van der Waals surface area contributed by atoms with Gasteiger partial charge in [-0.3, -0.25) is 4.79 Å². The summed E-state index contributed by atoms with van der Waals surface area (Å²) in [6.07, 6.45) is 0.981. The Labute approximate surface area is 197 Å². The highest BCUT2D eigenvalue weighted by Crippen LogP contribution is 2.46. The highest BCUT2D eigenvalue weighted by atomic mass is 79.9. The van der Waals surface area contributed by atoms with Gasteiger partial charge in [-0.1, -0.05) is 78.3 Å². The quantitative estimate of drug-likeness (QED) is 0.292. The van der Waals surface area contributed by atoms with Gasteiger partial charge in [0.2, 0.25) is 0 Å². The van der Waals surface area contributed by atoms with Crippen molar-refractivity contribution in [3.63, 3.8) is 0 Å². The van der Waals surface area contributed by atoms with Crippen LogP contribution < -0.4 is 0 Å². The molecule has 1 amide bonds. The third kappa shape index (κ3) is 3.38. The van der Waals surface area contributed by atoms with E-state index < -0.39 is 0 Å². The Morgan fingerprint density at radius 1 is 0.938 bits per heavy atom. The zero-order chi connectivity index (χ0) is 22.4. The maximum Gasteiger partial charge on any atom is 0.255 e. The summed E-state index contributed by atoms with van der Waals surface area (Å²) in [5, 5.41) is 1.21. The van der Waals surface area contributed by atoms with Crippen molar-refractivity contribution >= 4 is 32.7 Å². The number of benzene rings is 3. The van der Waals surface area contributed by atoms with Gasteiger partial charge in [-0.05, 0) is 47.7 Å². The number of carbonyl (C=O) groups excluding carboxylic acids is 1. The van der Waals surface area contributed by atoms with E-state index in [1.165, 1.54) is 22.2 Å². The van der Waals surface area contributed by atoms with Gasteiger partial charge in [0.15, 0.2) is 0 Å². The monoisotopic (exact) mass is 486 g/mol. The molecule has 32 heavy (non-hydrogen) atoms. The second kappa shape index (κ2) is 8.25. The fourth-order valence-electron chi connectivity index (χ4n) is 4.97. The Kier molecular flexibility index (Phi) is 5.42. The third-order valence-electron chi connectivity index (χ3n) is 6.54. The molecule has 0 spiro atoms. The van der Waals surface area contributed by atoms with Crippen LogP contribution in [0.5, 0.6) is 0 Å². The zero-order valence-electron chi connectivity index (χ0n) is 18.7. The van der Waals surface area contributed by atoms with Crippen LogP contribution in [0, 0.1) is 5.92 Å². The predicted molar refractivity (Wildman–Crippen MR) is 135 cm³/mol. The molecule has 2 heterocycles. The number of hydrogen-bond donors (Lipinski definition) is 0. The number of para-hydroxylation sites is 1. The number of halogens is 1. The molecule has 4 heteroatoms. The maximum absolute atomic E-state index is 13.5. The smallest absolute Gasteiger partial charge is 0.255 e. The molecule has 0 N–H and O–H groups in total. The molecule has 0 saturated heterocycles. The number of carbonyl (C=O) groups is 1. The lowest BCUT2D eigenvalue weighted by Crippen LogP contribution is -2.30. The Bertz CT molecular complexity index is 1300. The van der Waals surface area contributed by atoms with Crippen LogP contribution in [0.25, 0.3) is 22.2 Å². The van der Waals surface area contributed by atoms with Crippen molar-refractivity contribution in [2.45, 2.75) is 26.3 Å². The fraction of sp³-hybridized carbons (Fsp3) is 0.250. The van der Waals surface area contributed by atoms with Gasteiger partial charge in [0.05, 0.1) is 11.7 Å². The average Bonchev–Trinajstić information content (AvgIpc) is 3.24. The number of rotatable bonds is 5. The minimum absolute atomic E-state index is 0.0952. The summed E-state index contributed by atoms with van der Waals surface area (Å²) in [6, 6.07) is 25.1. The number of nitrogens with zero attached hydrogens (tertiary/aromatic N) is 2. The Morgan fingerprint density at radius 2 is 1.62 bits per heavy atom. The summed E-state index contributed by atoms with van der Waals surface area (Å²) in [4.78, 5) is 15.6. The largest absolute Gasteiger partial charge is 0.343 e. The van der Waals surface area contributed by atoms with E-state index in [9.17, 15) is 4.79 Å². The van der Waals surface area contributed by atoms with Crippen LogP contribution in [0.15, 0.2) is 77.3 Å². The van der Waals surface area contributed by atoms with E-state index in [4.69, 9.17) is 0 Å². The van der Waals surface area contributed by atoms with Crippen LogP contribution in [0.4, 0.5) is 0 Å². The normalized spacial score (nSPS) is 15.7. The molecule has 5 rings (SSSR count). The van der Waals surface area contributed by atoms with E-state index in [0.717, 1.165) is 34.1 Å². The summed E-state index contributed by atoms with van der Waals surface area (Å²) in [5.74, 6) is 0.673. The summed E-state index contributed by atoms with van der Waals surface area (Å²) in [5.41, 5.74) is 6.66. The van der Waals surface area contributed by atoms with Gasteiger partial charge >= 0.3 is 0 Å². The molecule has 1 aromatic heterocycles. The standard InChI is InChI=1S/C28H27BrN2O/c1-18(2)16-17-31-27(21-8-4-5-9-22(21)28(31)32)25-23-10-6-7-11-24(23)30(3)26(25)19-12-14-20(29)15-13-19/h4-15,18,27H,16-17H2,1-3H3/t27-/m1/s1. The van der Waals surface area contributed by atoms with Crippen molar-refractivity contribution < 1.29 is 4.79 Å². The molecule has 1 aliphatic rings. The minimum atomic E-state index is -0.0952. The molecule has 0 radical (unpaired) electrons. The van der Waals surface area contributed by atoms with E-state index >= 15 is 0 Å². The van der Waals surface area contributed by atoms with Crippen LogP contribution in [-0.2, 0) is 7.05 Å². The lowest BCUT2D eigenvalue weighted by Gasteiger charge is -2.27. The first-order chi connectivity index (χ1) is 15.5. The van der Waals surface area contributed by atoms with Gasteiger partial charge in [-0.2, -0.15) is 0 Å². The topological polar surface area (TPSA) is 25.2 Å². The van der Waals surface area contributed by atoms with Crippen LogP contribution >= 0.6 is 15.9 Å². The fourth-order valence-corrected chi connectivity index (χ4v) is 5.23. The summed E-state index contributed by atoms with van der Waals surface area (Å²) in [6.45, 7) is 5.18. The maximum atomic E-state index is 13.5. The number of aryl methyl sites for hydroxylation is 1. The molecule has 162 valence electrons. The van der Waals surface area contributed by atoms with Gasteiger partial charge in [0.25, 0.3) is 5.91 Å². The molecule has 4 aromatic rings. The van der Waals surface area contributed by atoms with Gasteiger partial charge in [-0.15, -0.1) is 0 Å². The molecule has 3 nitrogen and oxygen atoms in total. The van der Waals surface area contributed by atoms with Crippen molar-refractivity contribution in [1.82, 2.24) is 9.47 Å². The van der Waals surface area contributed by atoms with Crippen LogP contribution in [-0.4, -0.2) is 21.9 Å². The van der Waals surface area contributed by atoms with Crippen LogP contribution in [0.2, 0.25) is 0 Å². The first-order valence-electron chi connectivity index (χ1n) is 11.2. The van der Waals surface area contributed by atoms with Gasteiger partial charge in [0, 0.05) is 40.1 Å². The third-order valence-corrected chi connectivity index (χ3v) is 7.07. The molecular weight excluding hydrogens is 460 g/mol. The number of fused-ring (bicyclic) bond motifs is 2. The molecule has 0 saturated carbocycles. The van der Waals surface area contributed by atoms with Crippen molar-refractivity contribution in [3.05, 3.63) is 94.0 Å². The molecule has 0 bridgehead atoms. The first-order valence-corrected chi connectivity index (χ1v) is 12.0. The lowest BCUT2D eigenvalue weighted by molar-refractivity contribution is 0.0742. The molecule has 0 aliphatic carbocycles. The van der Waals surface area contributed by atoms with E-state index in [1.54, 1.807) is 0 Å². The second-order valence-electron chi connectivity index (χ2n) is 9.02. The molecular formula is C28H27BrN2O. The second-order valence-corrected chi connectivity index (χ2v) is 9.93. The van der Waals surface area contributed by atoms with Gasteiger partial charge in [0.1, 0.15) is 0 Å². The van der Waals surface area contributed by atoms with E-state index in [2.05, 4.69) is 107 Å². The lowest BCUT2D eigenvalue weighted by atomic mass is 9.93. The van der Waals surface area contributed by atoms with E-state index in [1.807, 2.05) is 12.1 Å². The van der Waals surface area contributed by atoms with Crippen LogP contribution in [0.3, 0.4) is 0 Å². The van der Waals surface area contributed by atoms with Gasteiger partial charge in [-0.25, -0.2) is 0 Å². The molecule has 1 aliphatic heterocycles. The highest BCUT2D eigenvalue weighted by molar-refractivity contribution is 9.10. The van der Waals surface area contributed by atoms with Gasteiger partial charge < -0.3 is 9.47 Å². The SMILES string of the molecule is CC(C)CCN1C(=O)c2ccccc2[C@@H]1c1c(-c2ccc(Br)cc2)n(C)c2ccccc12. The number of aromatic nitrogens is 1. The molecule has 0 fully saturated rings. The average molecular weight is 487 g/mol. The molecule has 0 unspecified atom stereocenters. The summed E-state index contributed by atoms with van der Waals surface area (Å²) < 4.78 is 3.33. The van der Waals surface area contributed by atoms with E-state index in [-0.39, 0.29) is 11.9 Å². The minimum Gasteiger partial charge on any atom is -0.343 e. The van der Waals surface area contributed by atoms with Crippen molar-refractivity contribution in [1.29, 1.82) is 0 Å². The summed E-state index contributed by atoms with van der Waals surface area (Å²) >= 11 is 3.57. The van der Waals surface area contributed by atoms with Crippen LogP contribution in [0.1, 0.15) is 47.8 Å². The zero-order valence-corrected chi connectivity index (χ0v) is 20.3. The van der Waals surface area contributed by atoms with E-state index in [0.29, 0.717) is 5.92 Å². The Morgan fingerprint density at radius 3 is 2.38 bits per heavy atom. The predicted octanol–water partition coefficient (Wildman–Crippen LogP) is 7.20.